The van der Waals surface area contributed by atoms with Gasteiger partial charge in [-0.1, -0.05) is 54.6 Å². The van der Waals surface area contributed by atoms with Gasteiger partial charge in [0.25, 0.3) is 0 Å². The van der Waals surface area contributed by atoms with E-state index in [0.29, 0.717) is 18.6 Å². The van der Waals surface area contributed by atoms with E-state index < -0.39 is 0 Å². The monoisotopic (exact) mass is 266 g/mol. The van der Waals surface area contributed by atoms with Gasteiger partial charge in [-0.25, -0.2) is 0 Å². The number of rotatable bonds is 3. The lowest BCUT2D eigenvalue weighted by molar-refractivity contribution is 0.137. The molecule has 0 bridgehead atoms. The van der Waals surface area contributed by atoms with E-state index in [4.69, 9.17) is 5.73 Å². The minimum absolute atomic E-state index is 0.329. The molecule has 1 aliphatic rings. The van der Waals surface area contributed by atoms with Crippen molar-refractivity contribution in [2.75, 3.05) is 13.1 Å². The second-order valence-corrected chi connectivity index (χ2v) is 5.52. The van der Waals surface area contributed by atoms with Crippen molar-refractivity contribution in [3.8, 4) is 0 Å². The van der Waals surface area contributed by atoms with Gasteiger partial charge in [0, 0.05) is 25.2 Å². The van der Waals surface area contributed by atoms with Gasteiger partial charge in [0.2, 0.25) is 0 Å². The summed E-state index contributed by atoms with van der Waals surface area (Å²) in [6, 6.07) is 20.2. The molecule has 0 saturated heterocycles. The molecule has 0 spiro atoms. The fraction of sp³-hybridized carbons (Fsp3) is 0.333. The van der Waals surface area contributed by atoms with Crippen molar-refractivity contribution in [1.82, 2.24) is 4.90 Å². The van der Waals surface area contributed by atoms with E-state index in [9.17, 15) is 0 Å². The molecule has 0 amide bonds. The lowest BCUT2D eigenvalue weighted by Crippen LogP contribution is -2.40. The summed E-state index contributed by atoms with van der Waals surface area (Å²) in [6.07, 6.45) is 1.11. The topological polar surface area (TPSA) is 29.3 Å². The molecule has 0 aliphatic carbocycles. The minimum Gasteiger partial charge on any atom is -0.329 e. The molecule has 2 atom stereocenters. The first-order chi connectivity index (χ1) is 9.81. The van der Waals surface area contributed by atoms with Crippen LogP contribution in [0, 0.1) is 0 Å². The molecule has 1 aliphatic heterocycles. The van der Waals surface area contributed by atoms with Gasteiger partial charge in [0.05, 0.1) is 0 Å². The third kappa shape index (κ3) is 2.37. The highest BCUT2D eigenvalue weighted by atomic mass is 15.2. The number of nitrogens with zero attached hydrogens (tertiary/aromatic N) is 1. The van der Waals surface area contributed by atoms with Crippen molar-refractivity contribution in [2.45, 2.75) is 25.4 Å². The molecule has 3 rings (SSSR count). The summed E-state index contributed by atoms with van der Waals surface area (Å²) in [6.45, 7) is 4.04. The summed E-state index contributed by atoms with van der Waals surface area (Å²) < 4.78 is 0. The summed E-state index contributed by atoms with van der Waals surface area (Å²) in [5.74, 6) is 0. The zero-order chi connectivity index (χ0) is 13.9. The van der Waals surface area contributed by atoms with Gasteiger partial charge in [0.15, 0.2) is 0 Å². The van der Waals surface area contributed by atoms with Crippen LogP contribution in [-0.4, -0.2) is 18.0 Å². The molecule has 2 unspecified atom stereocenters. The van der Waals surface area contributed by atoms with Crippen LogP contribution in [0.4, 0.5) is 0 Å². The van der Waals surface area contributed by atoms with E-state index >= 15 is 0 Å². The van der Waals surface area contributed by atoms with Crippen molar-refractivity contribution in [3.05, 3.63) is 71.3 Å². The largest absolute Gasteiger partial charge is 0.329 e. The predicted molar refractivity (Wildman–Crippen MR) is 83.5 cm³/mol. The Kier molecular flexibility index (Phi) is 3.86. The number of benzene rings is 2. The highest BCUT2D eigenvalue weighted by Crippen LogP contribution is 2.35. The van der Waals surface area contributed by atoms with E-state index in [-0.39, 0.29) is 0 Å². The zero-order valence-electron chi connectivity index (χ0n) is 12.0. The van der Waals surface area contributed by atoms with Gasteiger partial charge in [-0.3, -0.25) is 4.90 Å². The van der Waals surface area contributed by atoms with Crippen molar-refractivity contribution in [3.63, 3.8) is 0 Å². The molecule has 2 N–H and O–H groups in total. The molecule has 1 heterocycles. The van der Waals surface area contributed by atoms with Crippen LogP contribution >= 0.6 is 0 Å². The number of nitrogens with two attached hydrogens (primary N) is 1. The van der Waals surface area contributed by atoms with E-state index in [2.05, 4.69) is 66.4 Å². The van der Waals surface area contributed by atoms with Crippen LogP contribution < -0.4 is 5.73 Å². The van der Waals surface area contributed by atoms with Gasteiger partial charge in [0.1, 0.15) is 0 Å². The molecular weight excluding hydrogens is 244 g/mol. The Labute approximate surface area is 121 Å². The van der Waals surface area contributed by atoms with Gasteiger partial charge < -0.3 is 5.73 Å². The lowest BCUT2D eigenvalue weighted by atomic mass is 9.90. The maximum absolute atomic E-state index is 6.08. The average Bonchev–Trinajstić information content (AvgIpc) is 2.54. The number of hydrogen-bond donors (Lipinski definition) is 1. The minimum atomic E-state index is 0.329. The Morgan fingerprint density at radius 1 is 1.10 bits per heavy atom. The maximum Gasteiger partial charge on any atom is 0.0479 e. The molecule has 2 aromatic carbocycles. The highest BCUT2D eigenvalue weighted by Gasteiger charge is 2.29. The van der Waals surface area contributed by atoms with Crippen molar-refractivity contribution >= 4 is 0 Å². The summed E-state index contributed by atoms with van der Waals surface area (Å²) in [7, 11) is 0. The first kappa shape index (κ1) is 13.3. The van der Waals surface area contributed by atoms with E-state index in [1.165, 1.54) is 16.7 Å². The van der Waals surface area contributed by atoms with Crippen LogP contribution in [0.3, 0.4) is 0 Å². The third-order valence-corrected chi connectivity index (χ3v) is 4.46. The Bertz CT molecular complexity index is 565. The fourth-order valence-electron chi connectivity index (χ4n) is 3.32. The van der Waals surface area contributed by atoms with Gasteiger partial charge in [-0.2, -0.15) is 0 Å². The SMILES string of the molecule is CC(c1ccccc1)N1CCc2ccccc2C1CN. The normalized spacial score (nSPS) is 20.4. The van der Waals surface area contributed by atoms with Crippen LogP contribution in [-0.2, 0) is 6.42 Å². The summed E-state index contributed by atoms with van der Waals surface area (Å²) >= 11 is 0. The average molecular weight is 266 g/mol. The van der Waals surface area contributed by atoms with Crippen LogP contribution in [0.25, 0.3) is 0 Å². The van der Waals surface area contributed by atoms with Crippen molar-refractivity contribution in [1.29, 1.82) is 0 Å². The molecule has 0 fully saturated rings. The number of hydrogen-bond acceptors (Lipinski definition) is 2. The molecule has 0 saturated carbocycles. The van der Waals surface area contributed by atoms with Gasteiger partial charge >= 0.3 is 0 Å². The quantitative estimate of drug-likeness (QED) is 0.923. The zero-order valence-corrected chi connectivity index (χ0v) is 12.0. The predicted octanol–water partition coefficient (Wildman–Crippen LogP) is 3.31. The Hall–Kier alpha value is -1.64. The maximum atomic E-state index is 6.08. The number of fused-ring (bicyclic) bond motifs is 1. The molecule has 0 aromatic heterocycles. The van der Waals surface area contributed by atoms with Crippen molar-refractivity contribution < 1.29 is 0 Å². The van der Waals surface area contributed by atoms with E-state index in [0.717, 1.165) is 13.0 Å². The van der Waals surface area contributed by atoms with Crippen LogP contribution in [0.5, 0.6) is 0 Å². The van der Waals surface area contributed by atoms with Crippen LogP contribution in [0.1, 0.15) is 35.7 Å². The molecule has 2 nitrogen and oxygen atoms in total. The molecular formula is C18H22N2. The van der Waals surface area contributed by atoms with Crippen LogP contribution in [0.2, 0.25) is 0 Å². The second kappa shape index (κ2) is 5.78. The molecule has 104 valence electrons. The van der Waals surface area contributed by atoms with Gasteiger partial charge in [-0.05, 0) is 30.0 Å². The van der Waals surface area contributed by atoms with E-state index in [1.54, 1.807) is 0 Å². The van der Waals surface area contributed by atoms with Crippen molar-refractivity contribution in [2.24, 2.45) is 5.73 Å². The molecule has 2 heteroatoms. The molecule has 2 aromatic rings. The summed E-state index contributed by atoms with van der Waals surface area (Å²) in [4.78, 5) is 2.54. The van der Waals surface area contributed by atoms with E-state index in [1.807, 2.05) is 0 Å². The lowest BCUT2D eigenvalue weighted by Gasteiger charge is -2.40. The standard InChI is InChI=1S/C18H22N2/c1-14(15-7-3-2-4-8-15)20-12-11-16-9-5-6-10-17(16)18(20)13-19/h2-10,14,18H,11-13,19H2,1H3. The molecule has 20 heavy (non-hydrogen) atoms. The first-order valence-corrected chi connectivity index (χ1v) is 7.40. The first-order valence-electron chi connectivity index (χ1n) is 7.40. The van der Waals surface area contributed by atoms with Gasteiger partial charge in [-0.15, -0.1) is 0 Å². The van der Waals surface area contributed by atoms with Crippen LogP contribution in [0.15, 0.2) is 54.6 Å². The molecule has 0 radical (unpaired) electrons. The Balaban J connectivity index is 1.91. The Morgan fingerprint density at radius 3 is 2.55 bits per heavy atom. The highest BCUT2D eigenvalue weighted by molar-refractivity contribution is 5.33. The third-order valence-electron chi connectivity index (χ3n) is 4.46. The summed E-state index contributed by atoms with van der Waals surface area (Å²) in [5.41, 5.74) is 10.3. The summed E-state index contributed by atoms with van der Waals surface area (Å²) in [5, 5.41) is 0. The Morgan fingerprint density at radius 2 is 1.80 bits per heavy atom. The smallest absolute Gasteiger partial charge is 0.0479 e. The fourth-order valence-corrected chi connectivity index (χ4v) is 3.32. The second-order valence-electron chi connectivity index (χ2n) is 5.52.